The second-order valence-electron chi connectivity index (χ2n) is 6.11. The Morgan fingerprint density at radius 3 is 2.39 bits per heavy atom. The van der Waals surface area contributed by atoms with E-state index in [9.17, 15) is 0 Å². The minimum Gasteiger partial charge on any atom is -0.378 e. The Kier molecular flexibility index (Phi) is 6.68. The monoisotopic (exact) mass is 351 g/mol. The fraction of sp³-hybridized carbons (Fsp3) is 0.500. The van der Waals surface area contributed by atoms with Gasteiger partial charge in [-0.1, -0.05) is 26.1 Å². The van der Waals surface area contributed by atoms with Crippen LogP contribution in [0.15, 0.2) is 24.3 Å². The van der Waals surface area contributed by atoms with Crippen LogP contribution < -0.4 is 16.0 Å². The van der Waals surface area contributed by atoms with Gasteiger partial charge in [0.1, 0.15) is 4.32 Å². The maximum Gasteiger partial charge on any atom is 0.158 e. The van der Waals surface area contributed by atoms with E-state index in [4.69, 9.17) is 23.4 Å². The molecule has 5 nitrogen and oxygen atoms in total. The largest absolute Gasteiger partial charge is 0.378 e. The van der Waals surface area contributed by atoms with Gasteiger partial charge in [-0.3, -0.25) is 10.3 Å². The van der Waals surface area contributed by atoms with E-state index in [1.54, 1.807) is 0 Å². The molecule has 4 N–H and O–H groups in total. The molecule has 1 aromatic carbocycles. The van der Waals surface area contributed by atoms with E-state index in [-0.39, 0.29) is 5.17 Å². The number of amidine groups is 1. The van der Waals surface area contributed by atoms with Gasteiger partial charge in [0, 0.05) is 44.1 Å². The van der Waals surface area contributed by atoms with Crippen molar-refractivity contribution in [1.29, 1.82) is 5.41 Å². The van der Waals surface area contributed by atoms with Crippen molar-refractivity contribution in [2.45, 2.75) is 13.8 Å². The van der Waals surface area contributed by atoms with Gasteiger partial charge in [0.25, 0.3) is 0 Å². The van der Waals surface area contributed by atoms with Gasteiger partial charge in [0.15, 0.2) is 5.17 Å². The number of piperazine rings is 1. The zero-order valence-electron chi connectivity index (χ0n) is 13.7. The van der Waals surface area contributed by atoms with E-state index in [0.29, 0.717) is 4.32 Å². The number of thioether (sulfide) groups is 1. The topological polar surface area (TPSA) is 68.4 Å². The number of nitrogens with two attached hydrogens (primary N) is 1. The lowest BCUT2D eigenvalue weighted by molar-refractivity contribution is 0.231. The second kappa shape index (κ2) is 8.52. The van der Waals surface area contributed by atoms with E-state index in [1.807, 2.05) is 12.1 Å². The van der Waals surface area contributed by atoms with Gasteiger partial charge in [-0.25, -0.2) is 0 Å². The quantitative estimate of drug-likeness (QED) is 0.440. The predicted octanol–water partition coefficient (Wildman–Crippen LogP) is 2.79. The van der Waals surface area contributed by atoms with Crippen molar-refractivity contribution in [3.8, 4) is 0 Å². The summed E-state index contributed by atoms with van der Waals surface area (Å²) in [7, 11) is 0. The van der Waals surface area contributed by atoms with Gasteiger partial charge >= 0.3 is 0 Å². The van der Waals surface area contributed by atoms with Gasteiger partial charge in [0.05, 0.1) is 0 Å². The van der Waals surface area contributed by atoms with Crippen LogP contribution in [0.4, 0.5) is 11.4 Å². The summed E-state index contributed by atoms with van der Waals surface area (Å²) in [4.78, 5) is 4.96. The van der Waals surface area contributed by atoms with E-state index in [1.165, 1.54) is 12.2 Å². The molecule has 1 saturated heterocycles. The van der Waals surface area contributed by atoms with Crippen molar-refractivity contribution in [3.63, 3.8) is 0 Å². The fourth-order valence-electron chi connectivity index (χ4n) is 2.70. The standard InChI is InChI=1S/C16H25N5S2/c1-12(2)11-20-7-9-21(10-8-20)14-5-3-13(4-6-14)19-16(22)23-15(17)18/h3-6,12H,7-11H2,1-2H3,(H3,17,18)(H,19,22). The van der Waals surface area contributed by atoms with Crippen LogP contribution in [-0.4, -0.2) is 47.1 Å². The van der Waals surface area contributed by atoms with Crippen molar-refractivity contribution in [1.82, 2.24) is 4.90 Å². The van der Waals surface area contributed by atoms with Crippen LogP contribution in [0.1, 0.15) is 13.8 Å². The van der Waals surface area contributed by atoms with Crippen LogP contribution in [0.25, 0.3) is 0 Å². The molecule has 1 aliphatic heterocycles. The van der Waals surface area contributed by atoms with Crippen molar-refractivity contribution in [2.24, 2.45) is 11.7 Å². The summed E-state index contributed by atoms with van der Waals surface area (Å²) in [5.41, 5.74) is 7.48. The number of nitrogens with zero attached hydrogens (tertiary/aromatic N) is 2. The molecule has 2 rings (SSSR count). The summed E-state index contributed by atoms with van der Waals surface area (Å²) in [6.07, 6.45) is 0. The lowest BCUT2D eigenvalue weighted by Crippen LogP contribution is -2.47. The Morgan fingerprint density at radius 1 is 1.26 bits per heavy atom. The SMILES string of the molecule is CC(C)CN1CCN(c2ccc(NC(=S)SC(=N)N)cc2)CC1. The lowest BCUT2D eigenvalue weighted by Gasteiger charge is -2.36. The molecular formula is C16H25N5S2. The molecule has 7 heteroatoms. The lowest BCUT2D eigenvalue weighted by atomic mass is 10.2. The Labute approximate surface area is 148 Å². The molecule has 1 aromatic rings. The van der Waals surface area contributed by atoms with Crippen molar-refractivity contribution in [2.75, 3.05) is 42.9 Å². The van der Waals surface area contributed by atoms with E-state index >= 15 is 0 Å². The fourth-order valence-corrected chi connectivity index (χ4v) is 3.46. The molecule has 0 unspecified atom stereocenters. The number of hydrogen-bond acceptors (Lipinski definition) is 5. The first-order chi connectivity index (χ1) is 10.9. The number of nitrogens with one attached hydrogen (secondary N) is 2. The van der Waals surface area contributed by atoms with Crippen LogP contribution >= 0.6 is 24.0 Å². The third-order valence-electron chi connectivity index (χ3n) is 3.68. The first-order valence-electron chi connectivity index (χ1n) is 7.84. The number of thiocarbonyl (C=S) groups is 1. The zero-order chi connectivity index (χ0) is 16.8. The van der Waals surface area contributed by atoms with Crippen molar-refractivity contribution >= 4 is 44.8 Å². The molecule has 0 amide bonds. The molecular weight excluding hydrogens is 326 g/mol. The molecule has 0 spiro atoms. The smallest absolute Gasteiger partial charge is 0.158 e. The van der Waals surface area contributed by atoms with E-state index in [2.05, 4.69) is 41.1 Å². The normalized spacial score (nSPS) is 15.7. The molecule has 23 heavy (non-hydrogen) atoms. The number of hydrogen-bond donors (Lipinski definition) is 3. The van der Waals surface area contributed by atoms with E-state index in [0.717, 1.165) is 49.5 Å². The molecule has 126 valence electrons. The van der Waals surface area contributed by atoms with Gasteiger partial charge < -0.3 is 16.0 Å². The maximum absolute atomic E-state index is 7.22. The molecule has 1 aliphatic rings. The van der Waals surface area contributed by atoms with Crippen LogP contribution in [0.5, 0.6) is 0 Å². The van der Waals surface area contributed by atoms with Gasteiger partial charge in [0.2, 0.25) is 0 Å². The molecule has 0 radical (unpaired) electrons. The van der Waals surface area contributed by atoms with E-state index < -0.39 is 0 Å². The Hall–Kier alpha value is -1.31. The van der Waals surface area contributed by atoms with Crippen molar-refractivity contribution in [3.05, 3.63) is 24.3 Å². The third kappa shape index (κ3) is 6.01. The second-order valence-corrected chi connectivity index (χ2v) is 7.83. The molecule has 1 heterocycles. The minimum absolute atomic E-state index is 0.00149. The Bertz CT molecular complexity index is 536. The van der Waals surface area contributed by atoms with Crippen LogP contribution in [0, 0.1) is 11.3 Å². The molecule has 0 aliphatic carbocycles. The van der Waals surface area contributed by atoms with Gasteiger partial charge in [-0.2, -0.15) is 0 Å². The zero-order valence-corrected chi connectivity index (χ0v) is 15.3. The van der Waals surface area contributed by atoms with Gasteiger partial charge in [-0.15, -0.1) is 0 Å². The van der Waals surface area contributed by atoms with Crippen LogP contribution in [0.2, 0.25) is 0 Å². The molecule has 0 atom stereocenters. The molecule has 0 saturated carbocycles. The molecule has 0 aromatic heterocycles. The average Bonchev–Trinajstić information content (AvgIpc) is 2.47. The first-order valence-corrected chi connectivity index (χ1v) is 9.06. The Balaban J connectivity index is 1.86. The summed E-state index contributed by atoms with van der Waals surface area (Å²) >= 11 is 6.18. The summed E-state index contributed by atoms with van der Waals surface area (Å²) in [5.74, 6) is 0.726. The van der Waals surface area contributed by atoms with Gasteiger partial charge in [-0.05, 0) is 41.9 Å². The summed E-state index contributed by atoms with van der Waals surface area (Å²) < 4.78 is 0.493. The maximum atomic E-state index is 7.22. The highest BCUT2D eigenvalue weighted by molar-refractivity contribution is 8.33. The average molecular weight is 352 g/mol. The van der Waals surface area contributed by atoms with Crippen LogP contribution in [-0.2, 0) is 0 Å². The molecule has 0 bridgehead atoms. The predicted molar refractivity (Wildman–Crippen MR) is 106 cm³/mol. The highest BCUT2D eigenvalue weighted by atomic mass is 32.2. The number of benzene rings is 1. The first kappa shape index (κ1) is 18.0. The van der Waals surface area contributed by atoms with Crippen molar-refractivity contribution < 1.29 is 0 Å². The number of rotatable bonds is 4. The third-order valence-corrected chi connectivity index (χ3v) is 4.54. The minimum atomic E-state index is -0.00149. The summed E-state index contributed by atoms with van der Waals surface area (Å²) in [5, 5.41) is 10.3. The summed E-state index contributed by atoms with van der Waals surface area (Å²) in [6.45, 7) is 10.1. The number of anilines is 2. The summed E-state index contributed by atoms with van der Waals surface area (Å²) in [6, 6.07) is 8.26. The highest BCUT2D eigenvalue weighted by Crippen LogP contribution is 2.20. The Morgan fingerprint density at radius 2 is 1.87 bits per heavy atom. The molecule has 1 fully saturated rings. The van der Waals surface area contributed by atoms with Crippen LogP contribution in [0.3, 0.4) is 0 Å². The highest BCUT2D eigenvalue weighted by Gasteiger charge is 2.17.